The number of unbranched alkanes of at least 4 members (excludes halogenated alkanes) is 3. The molecule has 0 atom stereocenters. The first-order valence-corrected chi connectivity index (χ1v) is 23.1. The van der Waals surface area contributed by atoms with Crippen LogP contribution in [0, 0.1) is 0 Å². The number of ether oxygens (including phenoxy) is 1. The number of hydrogen-bond acceptors (Lipinski definition) is 3. The monoisotopic (exact) mass is 637 g/mol. The zero-order valence-electron chi connectivity index (χ0n) is 23.4. The molecule has 1 amide bonds. The van der Waals surface area contributed by atoms with Crippen molar-refractivity contribution in [2.45, 2.75) is 91.6 Å². The fourth-order valence-corrected chi connectivity index (χ4v) is 27.1. The average molecular weight is 636 g/mol. The van der Waals surface area contributed by atoms with Gasteiger partial charge in [-0.1, -0.05) is 12.1 Å². The van der Waals surface area contributed by atoms with Crippen LogP contribution >= 0.6 is 11.3 Å². The molecule has 3 nitrogen and oxygen atoms in total. The van der Waals surface area contributed by atoms with Gasteiger partial charge >= 0.3 is 227 Å². The van der Waals surface area contributed by atoms with Crippen LogP contribution in [-0.4, -0.2) is 36.0 Å². The number of carbonyl (C=O) groups is 1. The number of benzene rings is 2. The van der Waals surface area contributed by atoms with Crippen molar-refractivity contribution in [3.63, 3.8) is 0 Å². The zero-order valence-corrected chi connectivity index (χ0v) is 27.1. The van der Waals surface area contributed by atoms with E-state index in [1.165, 1.54) is 84.5 Å². The first-order valence-electron chi connectivity index (χ1n) is 14.8. The normalized spacial score (nSPS) is 14.4. The predicted octanol–water partition coefficient (Wildman–Crippen LogP) is 9.07. The van der Waals surface area contributed by atoms with Gasteiger partial charge in [0, 0.05) is 0 Å². The Labute approximate surface area is 237 Å². The molecule has 0 bridgehead atoms. The van der Waals surface area contributed by atoms with E-state index in [1.807, 2.05) is 4.90 Å². The molecule has 5 heteroatoms. The third kappa shape index (κ3) is 5.58. The molecule has 5 rings (SSSR count). The minimum atomic E-state index is -2.42. The summed E-state index contributed by atoms with van der Waals surface area (Å²) in [6.07, 6.45) is 7.90. The standard InChI is InChI=1S/C21H16NO2S.3C4H9.Sn/c23-21(22-11-14-9-10-25-20(14)12-22)24-13-19-17-7-3-1-5-15(17)16-6-2-4-8-18(16)19;3*1-3-4-2;/h1-9,19H,11-13H2;3*1,3-4H2,2H3;. The molecule has 38 heavy (non-hydrogen) atoms. The van der Waals surface area contributed by atoms with Gasteiger partial charge in [-0.15, -0.1) is 0 Å². The molecule has 1 aliphatic heterocycles. The number of rotatable bonds is 12. The average Bonchev–Trinajstić information content (AvgIpc) is 3.62. The van der Waals surface area contributed by atoms with Crippen LogP contribution in [0.1, 0.15) is 86.8 Å². The van der Waals surface area contributed by atoms with Crippen LogP contribution in [0.25, 0.3) is 11.1 Å². The van der Waals surface area contributed by atoms with E-state index in [-0.39, 0.29) is 12.0 Å². The topological polar surface area (TPSA) is 29.5 Å². The second-order valence-electron chi connectivity index (χ2n) is 11.3. The third-order valence-electron chi connectivity index (χ3n) is 8.74. The quantitative estimate of drug-likeness (QED) is 0.186. The second kappa shape index (κ2) is 12.6. The SMILES string of the molecule is CCC[CH2][Sn]([CH2]CCC)([CH2]CCC)[c]1cc2c(s1)CN(C(=O)OCC1c3ccccc3-c3ccccc31)C2. The molecule has 3 aromatic rings. The Morgan fingerprint density at radius 3 is 1.95 bits per heavy atom. The molecular formula is C33H43NO2SSn. The number of fused-ring (bicyclic) bond motifs is 4. The number of carbonyl (C=O) groups excluding carboxylic acids is 1. The fourth-order valence-electron chi connectivity index (χ4n) is 6.53. The van der Waals surface area contributed by atoms with Crippen molar-refractivity contribution in [2.24, 2.45) is 0 Å². The molecule has 0 unspecified atom stereocenters. The van der Waals surface area contributed by atoms with Crippen LogP contribution in [0.4, 0.5) is 4.79 Å². The number of hydrogen-bond donors (Lipinski definition) is 0. The van der Waals surface area contributed by atoms with Gasteiger partial charge < -0.3 is 0 Å². The number of thiophene rings is 1. The molecule has 0 saturated carbocycles. The summed E-state index contributed by atoms with van der Waals surface area (Å²) >= 11 is -0.347. The van der Waals surface area contributed by atoms with Crippen molar-refractivity contribution in [1.29, 1.82) is 0 Å². The van der Waals surface area contributed by atoms with Gasteiger partial charge in [0.1, 0.15) is 0 Å². The summed E-state index contributed by atoms with van der Waals surface area (Å²) in [4.78, 5) is 16.6. The summed E-state index contributed by atoms with van der Waals surface area (Å²) in [5, 5.41) is 0. The minimum absolute atomic E-state index is 0.111. The van der Waals surface area contributed by atoms with Crippen molar-refractivity contribution in [3.8, 4) is 11.1 Å². The first-order chi connectivity index (χ1) is 18.6. The van der Waals surface area contributed by atoms with E-state index in [0.29, 0.717) is 19.7 Å². The van der Waals surface area contributed by atoms with E-state index in [9.17, 15) is 4.79 Å². The van der Waals surface area contributed by atoms with E-state index in [1.54, 1.807) is 2.89 Å². The Kier molecular flexibility index (Phi) is 9.20. The van der Waals surface area contributed by atoms with Gasteiger partial charge in [0.15, 0.2) is 0 Å². The Morgan fingerprint density at radius 2 is 1.42 bits per heavy atom. The number of amides is 1. The molecule has 0 N–H and O–H groups in total. The second-order valence-corrected chi connectivity index (χ2v) is 26.6. The van der Waals surface area contributed by atoms with E-state index in [0.717, 1.165) is 0 Å². The Bertz CT molecular complexity index is 1160. The van der Waals surface area contributed by atoms with Crippen LogP contribution in [0.2, 0.25) is 13.3 Å². The van der Waals surface area contributed by atoms with Crippen LogP contribution < -0.4 is 2.89 Å². The van der Waals surface area contributed by atoms with Gasteiger partial charge in [-0.05, 0) is 0 Å². The zero-order chi connectivity index (χ0) is 26.5. The summed E-state index contributed by atoms with van der Waals surface area (Å²) in [6.45, 7) is 8.85. The van der Waals surface area contributed by atoms with Crippen molar-refractivity contribution >= 4 is 38.7 Å². The molecule has 1 aliphatic carbocycles. The molecule has 0 fully saturated rings. The van der Waals surface area contributed by atoms with Gasteiger partial charge in [0.2, 0.25) is 0 Å². The molecule has 0 radical (unpaired) electrons. The van der Waals surface area contributed by atoms with Crippen molar-refractivity contribution in [2.75, 3.05) is 6.61 Å². The van der Waals surface area contributed by atoms with Crippen molar-refractivity contribution in [1.82, 2.24) is 4.90 Å². The Hall–Kier alpha value is -1.79. The van der Waals surface area contributed by atoms with Crippen LogP contribution in [0.3, 0.4) is 0 Å². The van der Waals surface area contributed by atoms with Gasteiger partial charge in [-0.25, -0.2) is 0 Å². The van der Waals surface area contributed by atoms with Crippen LogP contribution in [-0.2, 0) is 17.8 Å². The van der Waals surface area contributed by atoms with Crippen LogP contribution in [0.15, 0.2) is 54.6 Å². The van der Waals surface area contributed by atoms with E-state index in [4.69, 9.17) is 4.74 Å². The molecule has 2 aromatic carbocycles. The summed E-state index contributed by atoms with van der Waals surface area (Å²) in [5.41, 5.74) is 6.46. The fraction of sp³-hybridized carbons (Fsp3) is 0.485. The van der Waals surface area contributed by atoms with E-state index in [2.05, 4.69) is 86.7 Å². The first kappa shape index (κ1) is 27.8. The maximum absolute atomic E-state index is 13.2. The summed E-state index contributed by atoms with van der Waals surface area (Å²) < 4.78 is 12.3. The molecule has 2 aliphatic rings. The predicted molar refractivity (Wildman–Crippen MR) is 163 cm³/mol. The molecule has 1 aromatic heterocycles. The molecular weight excluding hydrogens is 593 g/mol. The van der Waals surface area contributed by atoms with Gasteiger partial charge in [0.25, 0.3) is 0 Å². The van der Waals surface area contributed by atoms with Crippen molar-refractivity contribution < 1.29 is 9.53 Å². The van der Waals surface area contributed by atoms with Crippen LogP contribution in [0.5, 0.6) is 0 Å². The summed E-state index contributed by atoms with van der Waals surface area (Å²) in [7, 11) is 0. The third-order valence-corrected chi connectivity index (χ3v) is 28.1. The molecule has 0 spiro atoms. The van der Waals surface area contributed by atoms with Gasteiger partial charge in [-0.3, -0.25) is 0 Å². The Morgan fingerprint density at radius 1 is 0.868 bits per heavy atom. The number of nitrogens with zero attached hydrogens (tertiary/aromatic N) is 1. The molecule has 2 heterocycles. The molecule has 0 saturated heterocycles. The summed E-state index contributed by atoms with van der Waals surface area (Å²) in [5.74, 6) is 0.111. The van der Waals surface area contributed by atoms with Gasteiger partial charge in [0.05, 0.1) is 0 Å². The van der Waals surface area contributed by atoms with E-state index < -0.39 is 18.4 Å². The van der Waals surface area contributed by atoms with Crippen molar-refractivity contribution in [3.05, 3.63) is 76.2 Å². The summed E-state index contributed by atoms with van der Waals surface area (Å²) in [6, 6.07) is 19.6. The maximum atomic E-state index is 13.2. The Balaban J connectivity index is 1.26. The molecule has 202 valence electrons. The van der Waals surface area contributed by atoms with E-state index >= 15 is 0 Å². The van der Waals surface area contributed by atoms with Gasteiger partial charge in [-0.2, -0.15) is 0 Å².